The predicted molar refractivity (Wildman–Crippen MR) is 76.0 cm³/mol. The third kappa shape index (κ3) is 11.8. The lowest BCUT2D eigenvalue weighted by molar-refractivity contribution is -0.138. The summed E-state index contributed by atoms with van der Waals surface area (Å²) in [4.78, 5) is 37.1. The van der Waals surface area contributed by atoms with Gasteiger partial charge >= 0.3 is 12.0 Å². The fourth-order valence-electron chi connectivity index (χ4n) is 1.43. The van der Waals surface area contributed by atoms with Crippen LogP contribution in [0, 0.1) is 0 Å². The smallest absolute Gasteiger partial charge is 0.321 e. The molecule has 0 aliphatic rings. The second-order valence-corrected chi connectivity index (χ2v) is 4.70. The van der Waals surface area contributed by atoms with E-state index in [9.17, 15) is 14.4 Å². The molecule has 9 nitrogen and oxygen atoms in total. The number of aliphatic carboxylic acids is 1. The molecule has 0 heterocycles. The number of nitrogens with zero attached hydrogens (tertiary/aromatic N) is 2. The molecule has 0 atom stereocenters. The van der Waals surface area contributed by atoms with Gasteiger partial charge in [0, 0.05) is 26.7 Å². The minimum absolute atomic E-state index is 0.155. The molecule has 0 rings (SSSR count). The van der Waals surface area contributed by atoms with Crippen molar-refractivity contribution >= 4 is 17.9 Å². The molecule has 0 saturated heterocycles. The van der Waals surface area contributed by atoms with Gasteiger partial charge < -0.3 is 20.1 Å². The Kier molecular flexibility index (Phi) is 10.1. The highest BCUT2D eigenvalue weighted by atomic mass is 16.5. The fourth-order valence-corrected chi connectivity index (χ4v) is 1.43. The summed E-state index contributed by atoms with van der Waals surface area (Å²) < 4.78 is 4.75. The van der Waals surface area contributed by atoms with Crippen LogP contribution in [-0.4, -0.2) is 93.3 Å². The van der Waals surface area contributed by atoms with Crippen LogP contribution in [0.15, 0.2) is 0 Å². The molecule has 0 aromatic carbocycles. The number of ether oxygens (including phenoxy) is 1. The highest BCUT2D eigenvalue weighted by molar-refractivity contribution is 5.95. The number of imide groups is 1. The molecule has 3 amide bonds. The van der Waals surface area contributed by atoms with E-state index in [1.807, 2.05) is 19.0 Å². The van der Waals surface area contributed by atoms with Crippen molar-refractivity contribution in [1.29, 1.82) is 0 Å². The molecule has 0 saturated carbocycles. The Morgan fingerprint density at radius 2 is 1.81 bits per heavy atom. The molecular formula is C12H24N4O5. The summed E-state index contributed by atoms with van der Waals surface area (Å²) in [5.74, 6) is -1.57. The molecule has 0 bridgehead atoms. The summed E-state index contributed by atoms with van der Waals surface area (Å²) in [6.07, 6.45) is 0. The molecule has 0 spiro atoms. The number of urea groups is 1. The topological polar surface area (TPSA) is 111 Å². The van der Waals surface area contributed by atoms with Crippen molar-refractivity contribution in [2.24, 2.45) is 0 Å². The molecule has 0 aliphatic heterocycles. The second-order valence-electron chi connectivity index (χ2n) is 4.70. The third-order valence-corrected chi connectivity index (χ3v) is 2.43. The maximum Gasteiger partial charge on any atom is 0.321 e. The van der Waals surface area contributed by atoms with Gasteiger partial charge in [-0.25, -0.2) is 4.79 Å². The van der Waals surface area contributed by atoms with E-state index in [0.717, 1.165) is 0 Å². The van der Waals surface area contributed by atoms with Crippen molar-refractivity contribution in [3.8, 4) is 0 Å². The number of amides is 3. The van der Waals surface area contributed by atoms with E-state index in [1.54, 1.807) is 0 Å². The van der Waals surface area contributed by atoms with E-state index < -0.39 is 17.9 Å². The van der Waals surface area contributed by atoms with Crippen molar-refractivity contribution in [3.05, 3.63) is 0 Å². The Balaban J connectivity index is 4.18. The second kappa shape index (κ2) is 11.0. The lowest BCUT2D eigenvalue weighted by atomic mass is 10.4. The summed E-state index contributed by atoms with van der Waals surface area (Å²) in [6.45, 7) is 1.24. The Morgan fingerprint density at radius 3 is 2.33 bits per heavy atom. The maximum atomic E-state index is 11.7. The number of carbonyl (C=O) groups excluding carboxylic acids is 2. The lowest BCUT2D eigenvalue weighted by Crippen LogP contribution is -2.47. The van der Waals surface area contributed by atoms with Gasteiger partial charge in [-0.2, -0.15) is 0 Å². The molecular weight excluding hydrogens is 280 g/mol. The molecule has 9 heteroatoms. The lowest BCUT2D eigenvalue weighted by Gasteiger charge is -2.21. The highest BCUT2D eigenvalue weighted by Gasteiger charge is 2.15. The Hall–Kier alpha value is -1.71. The van der Waals surface area contributed by atoms with Gasteiger partial charge in [0.1, 0.15) is 0 Å². The van der Waals surface area contributed by atoms with Gasteiger partial charge in [0.15, 0.2) is 0 Å². The van der Waals surface area contributed by atoms with E-state index >= 15 is 0 Å². The van der Waals surface area contributed by atoms with Crippen molar-refractivity contribution in [2.45, 2.75) is 0 Å². The zero-order valence-electron chi connectivity index (χ0n) is 12.7. The van der Waals surface area contributed by atoms with Gasteiger partial charge in [0.25, 0.3) is 0 Å². The summed E-state index contributed by atoms with van der Waals surface area (Å²) >= 11 is 0. The third-order valence-electron chi connectivity index (χ3n) is 2.43. The highest BCUT2D eigenvalue weighted by Crippen LogP contribution is 1.90. The first kappa shape index (κ1) is 19.3. The fraction of sp³-hybridized carbons (Fsp3) is 0.750. The zero-order chi connectivity index (χ0) is 16.3. The van der Waals surface area contributed by atoms with Crippen molar-refractivity contribution < 1.29 is 24.2 Å². The van der Waals surface area contributed by atoms with Crippen LogP contribution in [0.2, 0.25) is 0 Å². The van der Waals surface area contributed by atoms with E-state index in [-0.39, 0.29) is 19.6 Å². The van der Waals surface area contributed by atoms with Crippen molar-refractivity contribution in [3.63, 3.8) is 0 Å². The summed E-state index contributed by atoms with van der Waals surface area (Å²) in [5, 5.41) is 13.4. The number of rotatable bonds is 10. The number of methoxy groups -OCH3 is 1. The molecule has 3 N–H and O–H groups in total. The Morgan fingerprint density at radius 1 is 1.14 bits per heavy atom. The first-order chi connectivity index (χ1) is 9.85. The van der Waals surface area contributed by atoms with Crippen LogP contribution in [0.25, 0.3) is 0 Å². The molecule has 0 aliphatic carbocycles. The Bertz CT molecular complexity index is 349. The number of hydrogen-bond donors (Lipinski definition) is 3. The normalized spacial score (nSPS) is 10.7. The van der Waals surface area contributed by atoms with Crippen LogP contribution in [0.1, 0.15) is 0 Å². The minimum atomic E-state index is -1.02. The molecule has 0 unspecified atom stereocenters. The number of likely N-dealkylation sites (N-methyl/N-ethyl adjacent to an activating group) is 1. The van der Waals surface area contributed by atoms with Crippen LogP contribution in [0.5, 0.6) is 0 Å². The molecule has 122 valence electrons. The van der Waals surface area contributed by atoms with E-state index in [2.05, 4.69) is 10.6 Å². The van der Waals surface area contributed by atoms with Crippen LogP contribution in [0.4, 0.5) is 4.79 Å². The number of carboxylic acid groups (broad SMARTS) is 1. The van der Waals surface area contributed by atoms with Crippen LogP contribution in [0.3, 0.4) is 0 Å². The van der Waals surface area contributed by atoms with Crippen molar-refractivity contribution in [2.75, 3.05) is 60.5 Å². The zero-order valence-corrected chi connectivity index (χ0v) is 12.7. The average Bonchev–Trinajstić information content (AvgIpc) is 2.35. The average molecular weight is 304 g/mol. The van der Waals surface area contributed by atoms with Crippen LogP contribution in [-0.2, 0) is 14.3 Å². The van der Waals surface area contributed by atoms with Gasteiger partial charge in [0.2, 0.25) is 5.91 Å². The van der Waals surface area contributed by atoms with Gasteiger partial charge in [-0.05, 0) is 14.1 Å². The first-order valence-electron chi connectivity index (χ1n) is 6.50. The predicted octanol–water partition coefficient (Wildman–Crippen LogP) is -1.59. The van der Waals surface area contributed by atoms with Crippen molar-refractivity contribution in [1.82, 2.24) is 20.4 Å². The van der Waals surface area contributed by atoms with Gasteiger partial charge in [0.05, 0.1) is 19.7 Å². The SMILES string of the molecule is COCCNC(=O)NC(=O)CN(CCN(C)C)CC(=O)O. The van der Waals surface area contributed by atoms with E-state index in [4.69, 9.17) is 9.84 Å². The molecule has 0 radical (unpaired) electrons. The number of carboxylic acids is 1. The number of nitrogens with one attached hydrogen (secondary N) is 2. The summed E-state index contributed by atoms with van der Waals surface area (Å²) in [5.41, 5.74) is 0. The van der Waals surface area contributed by atoms with Gasteiger partial charge in [-0.3, -0.25) is 19.8 Å². The van der Waals surface area contributed by atoms with Gasteiger partial charge in [-0.15, -0.1) is 0 Å². The van der Waals surface area contributed by atoms with Crippen LogP contribution >= 0.6 is 0 Å². The monoisotopic (exact) mass is 304 g/mol. The summed E-state index contributed by atoms with van der Waals surface area (Å²) in [6, 6.07) is -0.625. The Labute approximate surface area is 124 Å². The number of carbonyl (C=O) groups is 3. The van der Waals surface area contributed by atoms with E-state index in [1.165, 1.54) is 12.0 Å². The van der Waals surface area contributed by atoms with E-state index in [0.29, 0.717) is 19.7 Å². The summed E-state index contributed by atoms with van der Waals surface area (Å²) in [7, 11) is 5.20. The first-order valence-corrected chi connectivity index (χ1v) is 6.50. The largest absolute Gasteiger partial charge is 0.480 e. The van der Waals surface area contributed by atoms with Crippen LogP contribution < -0.4 is 10.6 Å². The maximum absolute atomic E-state index is 11.7. The quantitative estimate of drug-likeness (QED) is 0.417. The minimum Gasteiger partial charge on any atom is -0.480 e. The standard InChI is InChI=1S/C12H24N4O5/c1-15(2)5-6-16(9-11(18)19)8-10(17)14-12(20)13-4-7-21-3/h4-9H2,1-3H3,(H,18,19)(H2,13,14,17,20). The molecule has 0 fully saturated rings. The molecule has 0 aromatic rings. The molecule has 0 aromatic heterocycles. The number of hydrogen-bond acceptors (Lipinski definition) is 6. The van der Waals surface area contributed by atoms with Gasteiger partial charge in [-0.1, -0.05) is 0 Å². The molecule has 21 heavy (non-hydrogen) atoms.